The van der Waals surface area contributed by atoms with Gasteiger partial charge in [-0.1, -0.05) is 6.92 Å². The molecule has 0 aromatic rings. The molecule has 1 saturated carbocycles. The van der Waals surface area contributed by atoms with Gasteiger partial charge in [0.25, 0.3) is 0 Å². The minimum absolute atomic E-state index is 0.476. The smallest absolute Gasteiger partial charge is 0.236 e. The molecule has 12 heavy (non-hydrogen) atoms. The summed E-state index contributed by atoms with van der Waals surface area (Å²) in [7, 11) is 0. The molecule has 0 bridgehead atoms. The van der Waals surface area contributed by atoms with Crippen molar-refractivity contribution < 1.29 is 10.0 Å². The van der Waals surface area contributed by atoms with Crippen LogP contribution in [-0.2, 0) is 0 Å². The van der Waals surface area contributed by atoms with Gasteiger partial charge in [-0.05, 0) is 25.2 Å². The molecular formula is C8H13NO3. The van der Waals surface area contributed by atoms with Crippen LogP contribution in [0.5, 0.6) is 0 Å². The molecule has 0 spiro atoms. The molecule has 2 unspecified atom stereocenters. The van der Waals surface area contributed by atoms with Crippen LogP contribution in [0.15, 0.2) is 11.8 Å². The van der Waals surface area contributed by atoms with Crippen LogP contribution in [0.2, 0.25) is 0 Å². The molecule has 1 rings (SSSR count). The molecule has 68 valence electrons. The van der Waals surface area contributed by atoms with Crippen molar-refractivity contribution in [1.82, 2.24) is 0 Å². The van der Waals surface area contributed by atoms with Gasteiger partial charge in [-0.15, -0.1) is 0 Å². The van der Waals surface area contributed by atoms with E-state index in [1.807, 2.05) is 6.92 Å². The fraction of sp³-hybridized carbons (Fsp3) is 0.750. The van der Waals surface area contributed by atoms with Crippen molar-refractivity contribution in [2.24, 2.45) is 5.92 Å². The van der Waals surface area contributed by atoms with Crippen LogP contribution in [0.1, 0.15) is 26.2 Å². The zero-order valence-electron chi connectivity index (χ0n) is 7.06. The van der Waals surface area contributed by atoms with Gasteiger partial charge in [0, 0.05) is 5.57 Å². The Morgan fingerprint density at radius 3 is 2.92 bits per heavy atom. The summed E-state index contributed by atoms with van der Waals surface area (Å²) in [4.78, 5) is 9.62. The van der Waals surface area contributed by atoms with Crippen molar-refractivity contribution in [1.29, 1.82) is 0 Å². The lowest BCUT2D eigenvalue weighted by atomic mass is 9.85. The highest BCUT2D eigenvalue weighted by atomic mass is 16.6. The average molecular weight is 171 g/mol. The molecule has 0 saturated heterocycles. The average Bonchev–Trinajstić information content (AvgIpc) is 1.94. The Labute approximate surface area is 71.0 Å². The number of aliphatic hydroxyl groups excluding tert-OH is 1. The molecule has 0 radical (unpaired) electrons. The first kappa shape index (κ1) is 9.19. The molecule has 4 nitrogen and oxygen atoms in total. The van der Waals surface area contributed by atoms with E-state index in [-0.39, 0.29) is 0 Å². The Hall–Kier alpha value is -0.900. The molecule has 0 aromatic heterocycles. The number of hydrogen-bond acceptors (Lipinski definition) is 3. The maximum atomic E-state index is 10.1. The molecule has 0 aliphatic heterocycles. The van der Waals surface area contributed by atoms with E-state index in [9.17, 15) is 15.2 Å². The molecule has 1 aliphatic rings. The van der Waals surface area contributed by atoms with Crippen LogP contribution in [-0.4, -0.2) is 16.1 Å². The number of aliphatic hydroxyl groups is 1. The minimum atomic E-state index is -0.598. The summed E-state index contributed by atoms with van der Waals surface area (Å²) in [6.07, 6.45) is 2.59. The van der Waals surface area contributed by atoms with E-state index in [0.717, 1.165) is 12.6 Å². The normalized spacial score (nSPS) is 33.7. The molecule has 4 heteroatoms. The van der Waals surface area contributed by atoms with Gasteiger partial charge in [-0.25, -0.2) is 0 Å². The van der Waals surface area contributed by atoms with Crippen LogP contribution >= 0.6 is 0 Å². The van der Waals surface area contributed by atoms with Gasteiger partial charge in [0.2, 0.25) is 6.20 Å². The summed E-state index contributed by atoms with van der Waals surface area (Å²) in [5.74, 6) is 0.476. The number of nitrogens with zero attached hydrogens (tertiary/aromatic N) is 1. The molecule has 0 aromatic carbocycles. The summed E-state index contributed by atoms with van der Waals surface area (Å²) in [6, 6.07) is 0. The molecular weight excluding hydrogens is 158 g/mol. The first-order valence-corrected chi connectivity index (χ1v) is 4.11. The van der Waals surface area contributed by atoms with Gasteiger partial charge in [0.05, 0.1) is 11.0 Å². The summed E-state index contributed by atoms with van der Waals surface area (Å²) < 4.78 is 0. The predicted molar refractivity (Wildman–Crippen MR) is 44.1 cm³/mol. The fourth-order valence-corrected chi connectivity index (χ4v) is 1.52. The van der Waals surface area contributed by atoms with E-state index in [1.54, 1.807) is 0 Å². The second-order valence-electron chi connectivity index (χ2n) is 3.38. The van der Waals surface area contributed by atoms with E-state index in [4.69, 9.17) is 0 Å². The Morgan fingerprint density at radius 2 is 2.42 bits per heavy atom. The second-order valence-corrected chi connectivity index (χ2v) is 3.38. The maximum absolute atomic E-state index is 10.1. The lowest BCUT2D eigenvalue weighted by Crippen LogP contribution is -2.21. The van der Waals surface area contributed by atoms with E-state index >= 15 is 0 Å². The van der Waals surface area contributed by atoms with Crippen molar-refractivity contribution >= 4 is 0 Å². The van der Waals surface area contributed by atoms with E-state index in [1.165, 1.54) is 0 Å². The van der Waals surface area contributed by atoms with Gasteiger partial charge in [0.1, 0.15) is 0 Å². The number of nitro groups is 1. The quantitative estimate of drug-likeness (QED) is 0.478. The second kappa shape index (κ2) is 3.67. The third kappa shape index (κ3) is 2.30. The summed E-state index contributed by atoms with van der Waals surface area (Å²) in [6.45, 7) is 2.05. The zero-order chi connectivity index (χ0) is 9.14. The fourth-order valence-electron chi connectivity index (χ4n) is 1.52. The molecule has 0 heterocycles. The van der Waals surface area contributed by atoms with Crippen LogP contribution in [0.25, 0.3) is 0 Å². The van der Waals surface area contributed by atoms with Crippen molar-refractivity contribution in [3.05, 3.63) is 21.9 Å². The highest BCUT2D eigenvalue weighted by Crippen LogP contribution is 2.27. The first-order valence-electron chi connectivity index (χ1n) is 4.11. The monoisotopic (exact) mass is 171 g/mol. The lowest BCUT2D eigenvalue weighted by Gasteiger charge is -2.23. The standard InChI is InChI=1S/C8H13NO3/c1-6-2-3-7(5-9(11)12)8(10)4-6/h5-6,8,10H,2-4H2,1H3/b7-5+. The van der Waals surface area contributed by atoms with Gasteiger partial charge in [-0.2, -0.15) is 0 Å². The molecule has 0 amide bonds. The van der Waals surface area contributed by atoms with Gasteiger partial charge in [-0.3, -0.25) is 10.1 Å². The topological polar surface area (TPSA) is 63.4 Å². The Balaban J connectivity index is 2.62. The van der Waals surface area contributed by atoms with Crippen molar-refractivity contribution in [3.63, 3.8) is 0 Å². The van der Waals surface area contributed by atoms with Crippen molar-refractivity contribution in [2.45, 2.75) is 32.3 Å². The van der Waals surface area contributed by atoms with E-state index < -0.39 is 11.0 Å². The van der Waals surface area contributed by atoms with E-state index in [0.29, 0.717) is 24.3 Å². The largest absolute Gasteiger partial charge is 0.389 e. The highest BCUT2D eigenvalue weighted by Gasteiger charge is 2.23. The van der Waals surface area contributed by atoms with Crippen molar-refractivity contribution in [2.75, 3.05) is 0 Å². The molecule has 1 N–H and O–H groups in total. The zero-order valence-corrected chi connectivity index (χ0v) is 7.06. The van der Waals surface area contributed by atoms with Crippen LogP contribution in [0, 0.1) is 16.0 Å². The third-order valence-corrected chi connectivity index (χ3v) is 2.25. The lowest BCUT2D eigenvalue weighted by molar-refractivity contribution is -0.404. The maximum Gasteiger partial charge on any atom is 0.236 e. The van der Waals surface area contributed by atoms with E-state index in [2.05, 4.69) is 0 Å². The van der Waals surface area contributed by atoms with Gasteiger partial charge < -0.3 is 5.11 Å². The number of rotatable bonds is 1. The van der Waals surface area contributed by atoms with Crippen LogP contribution in [0.4, 0.5) is 0 Å². The Kier molecular flexibility index (Phi) is 2.81. The molecule has 1 fully saturated rings. The SMILES string of the molecule is CC1CC/C(=C\[N+](=O)[O-])C(O)C1. The first-order chi connectivity index (χ1) is 5.59. The minimum Gasteiger partial charge on any atom is -0.389 e. The summed E-state index contributed by atoms with van der Waals surface area (Å²) in [5, 5.41) is 19.5. The van der Waals surface area contributed by atoms with Crippen LogP contribution in [0.3, 0.4) is 0 Å². The number of hydrogen-bond donors (Lipinski definition) is 1. The Morgan fingerprint density at radius 1 is 1.75 bits per heavy atom. The van der Waals surface area contributed by atoms with Crippen molar-refractivity contribution in [3.8, 4) is 0 Å². The summed E-state index contributed by atoms with van der Waals surface area (Å²) >= 11 is 0. The van der Waals surface area contributed by atoms with Gasteiger partial charge in [0.15, 0.2) is 0 Å². The molecule has 2 atom stereocenters. The Bertz CT molecular complexity index is 212. The molecule has 1 aliphatic carbocycles. The predicted octanol–water partition coefficient (Wildman–Crippen LogP) is 1.33. The highest BCUT2D eigenvalue weighted by molar-refractivity contribution is 5.07. The van der Waals surface area contributed by atoms with Gasteiger partial charge >= 0.3 is 0 Å². The van der Waals surface area contributed by atoms with Crippen LogP contribution < -0.4 is 0 Å². The third-order valence-electron chi connectivity index (χ3n) is 2.25. The summed E-state index contributed by atoms with van der Waals surface area (Å²) in [5.41, 5.74) is 0.568.